The molecular formula is C17H40N2OSi2. The van der Waals surface area contributed by atoms with E-state index in [0.29, 0.717) is 10.1 Å². The molecule has 0 aromatic carbocycles. The molecule has 0 spiro atoms. The van der Waals surface area contributed by atoms with Gasteiger partial charge in [-0.25, -0.2) is 0 Å². The molecule has 0 bridgehead atoms. The van der Waals surface area contributed by atoms with Gasteiger partial charge in [0.25, 0.3) is 6.03 Å². The van der Waals surface area contributed by atoms with E-state index in [1.165, 1.54) is 51.4 Å². The first kappa shape index (κ1) is 21.7. The molecule has 3 nitrogen and oxygen atoms in total. The highest BCUT2D eigenvalue weighted by Gasteiger charge is 2.21. The van der Waals surface area contributed by atoms with Crippen LogP contribution >= 0.6 is 0 Å². The normalized spacial score (nSPS) is 13.4. The van der Waals surface area contributed by atoms with Crippen LogP contribution in [0.15, 0.2) is 0 Å². The quantitative estimate of drug-likeness (QED) is 0.407. The number of rotatable bonds is 12. The fourth-order valence-electron chi connectivity index (χ4n) is 2.59. The molecule has 0 aliphatic carbocycles. The zero-order chi connectivity index (χ0) is 17.1. The molecule has 0 fully saturated rings. The molecule has 0 radical (unpaired) electrons. The number of urea groups is 1. The van der Waals surface area contributed by atoms with Gasteiger partial charge in [-0.1, -0.05) is 80.1 Å². The molecule has 132 valence electrons. The van der Waals surface area contributed by atoms with Crippen molar-refractivity contribution < 1.29 is 4.79 Å². The highest BCUT2D eigenvalue weighted by molar-refractivity contribution is 6.45. The van der Waals surface area contributed by atoms with Crippen molar-refractivity contribution in [2.75, 3.05) is 0 Å². The first-order valence-electron chi connectivity index (χ1n) is 9.24. The van der Waals surface area contributed by atoms with Gasteiger partial charge >= 0.3 is 0 Å². The maximum Gasteiger partial charge on any atom is 0.298 e. The van der Waals surface area contributed by atoms with Crippen LogP contribution in [0.3, 0.4) is 0 Å². The maximum absolute atomic E-state index is 12.0. The van der Waals surface area contributed by atoms with Gasteiger partial charge in [0, 0.05) is 0 Å². The van der Waals surface area contributed by atoms with E-state index < -0.39 is 19.4 Å². The zero-order valence-electron chi connectivity index (χ0n) is 16.0. The Kier molecular flexibility index (Phi) is 11.1. The molecule has 2 N–H and O–H groups in total. The minimum Gasteiger partial charge on any atom is -0.370 e. The summed E-state index contributed by atoms with van der Waals surface area (Å²) in [6.45, 7) is 13.7. The Hall–Kier alpha value is -0.296. The fourth-order valence-corrected chi connectivity index (χ4v) is 5.22. The average molecular weight is 345 g/mol. The molecule has 0 saturated carbocycles. The Morgan fingerprint density at radius 3 is 1.45 bits per heavy atom. The topological polar surface area (TPSA) is 41.1 Å². The van der Waals surface area contributed by atoms with Crippen molar-refractivity contribution in [3.8, 4) is 0 Å². The Labute approximate surface area is 143 Å². The van der Waals surface area contributed by atoms with Crippen LogP contribution in [0.4, 0.5) is 4.79 Å². The van der Waals surface area contributed by atoms with Gasteiger partial charge in [-0.2, -0.15) is 0 Å². The van der Waals surface area contributed by atoms with E-state index in [1.807, 2.05) is 0 Å². The summed E-state index contributed by atoms with van der Waals surface area (Å²) in [6.07, 6.45) is 10.2. The smallest absolute Gasteiger partial charge is 0.298 e. The predicted molar refractivity (Wildman–Crippen MR) is 105 cm³/mol. The molecule has 5 heteroatoms. The fraction of sp³-hybridized carbons (Fsp3) is 0.941. The first-order valence-corrected chi connectivity index (χ1v) is 12.1. The third kappa shape index (κ3) is 12.3. The monoisotopic (exact) mass is 344 g/mol. The lowest BCUT2D eigenvalue weighted by atomic mass is 10.0. The molecule has 0 aromatic rings. The average Bonchev–Trinajstić information content (AvgIpc) is 2.43. The van der Waals surface area contributed by atoms with Gasteiger partial charge in [0.1, 0.15) is 19.4 Å². The van der Waals surface area contributed by atoms with Crippen molar-refractivity contribution in [1.29, 1.82) is 0 Å². The Balaban J connectivity index is 3.93. The summed E-state index contributed by atoms with van der Waals surface area (Å²) in [5.74, 6) is 0. The lowest BCUT2D eigenvalue weighted by Gasteiger charge is -2.26. The van der Waals surface area contributed by atoms with Gasteiger partial charge in [-0.05, 0) is 22.9 Å². The van der Waals surface area contributed by atoms with Crippen molar-refractivity contribution in [1.82, 2.24) is 9.96 Å². The first-order chi connectivity index (χ1) is 10.2. The summed E-state index contributed by atoms with van der Waals surface area (Å²) in [5.41, 5.74) is 0. The summed E-state index contributed by atoms with van der Waals surface area (Å²) < 4.78 is 0. The Bertz CT molecular complexity index is 279. The predicted octanol–water partition coefficient (Wildman–Crippen LogP) is 4.01. The largest absolute Gasteiger partial charge is 0.370 e. The number of nitrogens with one attached hydrogen (secondary N) is 2. The second-order valence-electron chi connectivity index (χ2n) is 8.28. The van der Waals surface area contributed by atoms with Gasteiger partial charge in [0.2, 0.25) is 0 Å². The highest BCUT2D eigenvalue weighted by atomic mass is 28.2. The molecule has 2 amide bonds. The molecule has 0 aliphatic rings. The van der Waals surface area contributed by atoms with Crippen molar-refractivity contribution in [2.24, 2.45) is 0 Å². The van der Waals surface area contributed by atoms with E-state index in [1.54, 1.807) is 0 Å². The lowest BCUT2D eigenvalue weighted by molar-refractivity contribution is 0.250. The summed E-state index contributed by atoms with van der Waals surface area (Å²) in [4.78, 5) is 18.5. The van der Waals surface area contributed by atoms with Crippen molar-refractivity contribution in [3.05, 3.63) is 0 Å². The molecule has 0 saturated heterocycles. The SMILES string of the molecule is CCCCCC(C)(C)[SiH2]NC(=O)N[SiH2]C(C)(C)CCCCC. The van der Waals surface area contributed by atoms with Crippen molar-refractivity contribution in [2.45, 2.75) is 103 Å². The second-order valence-corrected chi connectivity index (χ2v) is 13.5. The van der Waals surface area contributed by atoms with Crippen molar-refractivity contribution >= 4 is 25.4 Å². The van der Waals surface area contributed by atoms with Gasteiger partial charge in [0.05, 0.1) is 0 Å². The van der Waals surface area contributed by atoms with E-state index in [9.17, 15) is 4.79 Å². The van der Waals surface area contributed by atoms with Crippen LogP contribution < -0.4 is 9.96 Å². The van der Waals surface area contributed by atoms with Crippen LogP contribution in [-0.2, 0) is 0 Å². The summed E-state index contributed by atoms with van der Waals surface area (Å²) >= 11 is 0. The number of amides is 2. The number of carbonyl (C=O) groups excluding carboxylic acids is 1. The summed E-state index contributed by atoms with van der Waals surface area (Å²) in [7, 11) is -1.12. The molecule has 0 aliphatic heterocycles. The Morgan fingerprint density at radius 2 is 1.14 bits per heavy atom. The van der Waals surface area contributed by atoms with E-state index in [-0.39, 0.29) is 6.03 Å². The number of unbranched alkanes of at least 4 members (excludes halogenated alkanes) is 4. The van der Waals surface area contributed by atoms with E-state index in [0.717, 1.165) is 0 Å². The third-order valence-electron chi connectivity index (χ3n) is 4.37. The molecule has 0 heterocycles. The lowest BCUT2D eigenvalue weighted by Crippen LogP contribution is -2.45. The van der Waals surface area contributed by atoms with Crippen LogP contribution in [0.2, 0.25) is 10.1 Å². The van der Waals surface area contributed by atoms with Crippen LogP contribution in [0.5, 0.6) is 0 Å². The molecule has 0 rings (SSSR count). The van der Waals surface area contributed by atoms with E-state index in [2.05, 4.69) is 51.5 Å². The van der Waals surface area contributed by atoms with Crippen molar-refractivity contribution in [3.63, 3.8) is 0 Å². The molecule has 0 aromatic heterocycles. The van der Waals surface area contributed by atoms with E-state index >= 15 is 0 Å². The van der Waals surface area contributed by atoms with Crippen LogP contribution in [-0.4, -0.2) is 25.4 Å². The highest BCUT2D eigenvalue weighted by Crippen LogP contribution is 2.30. The standard InChI is InChI=1S/C17H40N2OSi2/c1-7-9-11-13-16(3,4)21-18-15(20)19-22-17(5,6)14-12-10-8-2/h7-14,21-22H2,1-6H3,(H2,18,19,20). The molecule has 0 unspecified atom stereocenters. The second kappa shape index (κ2) is 11.3. The molecule has 0 atom stereocenters. The Morgan fingerprint density at radius 1 is 0.773 bits per heavy atom. The van der Waals surface area contributed by atoms with Crippen LogP contribution in [0, 0.1) is 0 Å². The third-order valence-corrected chi connectivity index (χ3v) is 7.99. The number of hydrogen-bond acceptors (Lipinski definition) is 1. The maximum atomic E-state index is 12.0. The van der Waals surface area contributed by atoms with Gasteiger partial charge in [-0.3, -0.25) is 4.79 Å². The van der Waals surface area contributed by atoms with Gasteiger partial charge in [0.15, 0.2) is 0 Å². The number of hydrogen-bond donors (Lipinski definition) is 2. The minimum atomic E-state index is -0.560. The van der Waals surface area contributed by atoms with E-state index in [4.69, 9.17) is 0 Å². The summed E-state index contributed by atoms with van der Waals surface area (Å²) in [5, 5.41) is 0.676. The number of carbonyl (C=O) groups is 1. The van der Waals surface area contributed by atoms with Gasteiger partial charge in [-0.15, -0.1) is 0 Å². The van der Waals surface area contributed by atoms with Crippen LogP contribution in [0.1, 0.15) is 92.9 Å². The molecule has 22 heavy (non-hydrogen) atoms. The molecular weight excluding hydrogens is 304 g/mol. The summed E-state index contributed by atoms with van der Waals surface area (Å²) in [6, 6.07) is 0.102. The minimum absolute atomic E-state index is 0.102. The van der Waals surface area contributed by atoms with Crippen LogP contribution in [0.25, 0.3) is 0 Å². The van der Waals surface area contributed by atoms with Gasteiger partial charge < -0.3 is 9.96 Å². The zero-order valence-corrected chi connectivity index (χ0v) is 18.8.